The number of fused-ring (bicyclic) bond motifs is 1. The summed E-state index contributed by atoms with van der Waals surface area (Å²) in [5, 5.41) is 0. The zero-order chi connectivity index (χ0) is 15.5. The fourth-order valence-corrected chi connectivity index (χ4v) is 2.40. The number of rotatable bonds is 5. The molecule has 0 amide bonds. The van der Waals surface area contributed by atoms with E-state index in [0.717, 1.165) is 17.7 Å². The fourth-order valence-electron chi connectivity index (χ4n) is 2.40. The first-order valence-electron chi connectivity index (χ1n) is 7.37. The van der Waals surface area contributed by atoms with E-state index in [-0.39, 0.29) is 5.56 Å². The average molecular weight is 297 g/mol. The zero-order valence-corrected chi connectivity index (χ0v) is 12.8. The van der Waals surface area contributed by atoms with Crippen LogP contribution in [0.4, 0.5) is 0 Å². The van der Waals surface area contributed by atoms with E-state index in [2.05, 4.69) is 17.1 Å². The molecular formula is C17H19N3O2. The Morgan fingerprint density at radius 1 is 1.18 bits per heavy atom. The minimum absolute atomic E-state index is 0.0702. The molecule has 0 fully saturated rings. The first kappa shape index (κ1) is 14.4. The van der Waals surface area contributed by atoms with E-state index < -0.39 is 0 Å². The summed E-state index contributed by atoms with van der Waals surface area (Å²) < 4.78 is 9.22. The standard InChI is InChI=1S/C17H19N3O2/c1-13-4-5-14(2)15(12-13)22-11-3-7-20-10-9-19-8-6-18-16(19)17(20)21/h4-6,8-10,12H,3,7,11H2,1-2H3. The molecule has 1 aromatic carbocycles. The maximum Gasteiger partial charge on any atom is 0.294 e. The Hall–Kier alpha value is -2.56. The molecule has 22 heavy (non-hydrogen) atoms. The second-order valence-electron chi connectivity index (χ2n) is 5.43. The predicted molar refractivity (Wildman–Crippen MR) is 85.5 cm³/mol. The number of aromatic nitrogens is 3. The minimum Gasteiger partial charge on any atom is -0.493 e. The summed E-state index contributed by atoms with van der Waals surface area (Å²) in [5.41, 5.74) is 2.69. The Labute approximate surface area is 128 Å². The van der Waals surface area contributed by atoms with Crippen molar-refractivity contribution >= 4 is 5.65 Å². The van der Waals surface area contributed by atoms with Crippen molar-refractivity contribution in [1.82, 2.24) is 14.0 Å². The molecule has 0 N–H and O–H groups in total. The van der Waals surface area contributed by atoms with Crippen molar-refractivity contribution in [3.8, 4) is 5.75 Å². The van der Waals surface area contributed by atoms with Gasteiger partial charge in [-0.1, -0.05) is 12.1 Å². The van der Waals surface area contributed by atoms with Gasteiger partial charge in [0.25, 0.3) is 5.56 Å². The van der Waals surface area contributed by atoms with Gasteiger partial charge in [0.15, 0.2) is 0 Å². The highest BCUT2D eigenvalue weighted by Gasteiger charge is 2.04. The van der Waals surface area contributed by atoms with Gasteiger partial charge in [-0.2, -0.15) is 0 Å². The molecule has 0 bridgehead atoms. The molecule has 0 atom stereocenters. The van der Waals surface area contributed by atoms with Crippen LogP contribution in [0.5, 0.6) is 5.75 Å². The number of imidazole rings is 1. The zero-order valence-electron chi connectivity index (χ0n) is 12.8. The Balaban J connectivity index is 1.61. The van der Waals surface area contributed by atoms with Crippen molar-refractivity contribution in [2.45, 2.75) is 26.8 Å². The normalized spacial score (nSPS) is 11.0. The van der Waals surface area contributed by atoms with Crippen molar-refractivity contribution in [2.75, 3.05) is 6.61 Å². The first-order chi connectivity index (χ1) is 10.6. The highest BCUT2D eigenvalue weighted by Crippen LogP contribution is 2.19. The molecule has 3 rings (SSSR count). The van der Waals surface area contributed by atoms with Crippen LogP contribution >= 0.6 is 0 Å². The van der Waals surface area contributed by atoms with Gasteiger partial charge in [0.05, 0.1) is 6.61 Å². The maximum atomic E-state index is 12.2. The van der Waals surface area contributed by atoms with Gasteiger partial charge in [-0.3, -0.25) is 4.79 Å². The van der Waals surface area contributed by atoms with E-state index >= 15 is 0 Å². The lowest BCUT2D eigenvalue weighted by Gasteiger charge is -2.10. The van der Waals surface area contributed by atoms with Crippen molar-refractivity contribution in [1.29, 1.82) is 0 Å². The van der Waals surface area contributed by atoms with Crippen LogP contribution in [-0.4, -0.2) is 20.6 Å². The van der Waals surface area contributed by atoms with Gasteiger partial charge in [0.2, 0.25) is 5.65 Å². The lowest BCUT2D eigenvalue weighted by molar-refractivity contribution is 0.299. The number of ether oxygens (including phenoxy) is 1. The summed E-state index contributed by atoms with van der Waals surface area (Å²) in [6.45, 7) is 5.28. The Bertz CT molecular complexity index is 848. The largest absolute Gasteiger partial charge is 0.493 e. The van der Waals surface area contributed by atoms with Crippen molar-refractivity contribution in [3.05, 3.63) is 64.5 Å². The number of nitrogens with zero attached hydrogens (tertiary/aromatic N) is 3. The highest BCUT2D eigenvalue weighted by atomic mass is 16.5. The van der Waals surface area contributed by atoms with Crippen LogP contribution < -0.4 is 10.3 Å². The molecule has 3 aromatic rings. The summed E-state index contributed by atoms with van der Waals surface area (Å²) in [7, 11) is 0. The van der Waals surface area contributed by atoms with Crippen LogP contribution in [0.15, 0.2) is 47.8 Å². The van der Waals surface area contributed by atoms with Crippen LogP contribution in [-0.2, 0) is 6.54 Å². The quantitative estimate of drug-likeness (QED) is 0.680. The lowest BCUT2D eigenvalue weighted by atomic mass is 10.1. The van der Waals surface area contributed by atoms with E-state index in [4.69, 9.17) is 4.74 Å². The van der Waals surface area contributed by atoms with Gasteiger partial charge in [-0.25, -0.2) is 4.98 Å². The molecule has 0 saturated carbocycles. The summed E-state index contributed by atoms with van der Waals surface area (Å²) in [6.07, 6.45) is 7.80. The number of aryl methyl sites for hydroxylation is 3. The van der Waals surface area contributed by atoms with E-state index in [0.29, 0.717) is 18.8 Å². The molecular weight excluding hydrogens is 278 g/mol. The van der Waals surface area contributed by atoms with Gasteiger partial charge in [-0.05, 0) is 37.5 Å². The second-order valence-corrected chi connectivity index (χ2v) is 5.43. The van der Waals surface area contributed by atoms with Crippen molar-refractivity contribution in [3.63, 3.8) is 0 Å². The monoisotopic (exact) mass is 297 g/mol. The molecule has 0 aliphatic rings. The molecule has 0 aliphatic heterocycles. The third-order valence-corrected chi connectivity index (χ3v) is 3.67. The second kappa shape index (κ2) is 6.05. The molecule has 5 heteroatoms. The molecule has 5 nitrogen and oxygen atoms in total. The summed E-state index contributed by atoms with van der Waals surface area (Å²) in [5.74, 6) is 0.913. The number of benzene rings is 1. The van der Waals surface area contributed by atoms with Gasteiger partial charge < -0.3 is 13.7 Å². The third-order valence-electron chi connectivity index (χ3n) is 3.67. The Kier molecular flexibility index (Phi) is 3.96. The number of hydrogen-bond acceptors (Lipinski definition) is 3. The SMILES string of the molecule is Cc1ccc(C)c(OCCCn2ccn3ccnc3c2=O)c1. The van der Waals surface area contributed by atoms with Gasteiger partial charge in [0, 0.05) is 31.3 Å². The molecule has 2 heterocycles. The Morgan fingerprint density at radius 3 is 2.91 bits per heavy atom. The Morgan fingerprint density at radius 2 is 2.05 bits per heavy atom. The summed E-state index contributed by atoms with van der Waals surface area (Å²) >= 11 is 0. The summed E-state index contributed by atoms with van der Waals surface area (Å²) in [6, 6.07) is 6.17. The minimum atomic E-state index is -0.0702. The molecule has 0 saturated heterocycles. The van der Waals surface area contributed by atoms with Crippen LogP contribution in [0.1, 0.15) is 17.5 Å². The van der Waals surface area contributed by atoms with Crippen LogP contribution in [0.2, 0.25) is 0 Å². The van der Waals surface area contributed by atoms with E-state index in [9.17, 15) is 4.79 Å². The fraction of sp³-hybridized carbons (Fsp3) is 0.294. The number of hydrogen-bond donors (Lipinski definition) is 0. The lowest BCUT2D eigenvalue weighted by Crippen LogP contribution is -2.22. The van der Waals surface area contributed by atoms with E-state index in [1.54, 1.807) is 27.6 Å². The van der Waals surface area contributed by atoms with Crippen molar-refractivity contribution < 1.29 is 4.74 Å². The van der Waals surface area contributed by atoms with E-state index in [1.165, 1.54) is 5.56 Å². The third kappa shape index (κ3) is 2.88. The first-order valence-corrected chi connectivity index (χ1v) is 7.37. The predicted octanol–water partition coefficient (Wildman–Crippen LogP) is 2.58. The molecule has 0 aliphatic carbocycles. The average Bonchev–Trinajstić information content (AvgIpc) is 2.98. The van der Waals surface area contributed by atoms with E-state index in [1.807, 2.05) is 26.1 Å². The molecule has 0 unspecified atom stereocenters. The van der Waals surface area contributed by atoms with Crippen LogP contribution in [0, 0.1) is 13.8 Å². The highest BCUT2D eigenvalue weighted by molar-refractivity contribution is 5.36. The van der Waals surface area contributed by atoms with Crippen molar-refractivity contribution in [2.24, 2.45) is 0 Å². The van der Waals surface area contributed by atoms with Crippen LogP contribution in [0.25, 0.3) is 5.65 Å². The van der Waals surface area contributed by atoms with Gasteiger partial charge in [-0.15, -0.1) is 0 Å². The maximum absolute atomic E-state index is 12.2. The smallest absolute Gasteiger partial charge is 0.294 e. The van der Waals surface area contributed by atoms with Gasteiger partial charge >= 0.3 is 0 Å². The van der Waals surface area contributed by atoms with Gasteiger partial charge in [0.1, 0.15) is 5.75 Å². The summed E-state index contributed by atoms with van der Waals surface area (Å²) in [4.78, 5) is 16.3. The molecule has 0 radical (unpaired) electrons. The molecule has 0 spiro atoms. The topological polar surface area (TPSA) is 48.5 Å². The molecule has 114 valence electrons. The van der Waals surface area contributed by atoms with Crippen LogP contribution in [0.3, 0.4) is 0 Å². The molecule has 2 aromatic heterocycles.